The molecule has 1 rings (SSSR count). The van der Waals surface area contributed by atoms with Gasteiger partial charge < -0.3 is 15.2 Å². The molecule has 1 aromatic carbocycles. The standard InChI is InChI=1S/C11H15NO3/c1-8-5-10(14-4-3-12)6-11(9(8)2)15-7-13/h5-7H,3-4,12H2,1-2H3. The van der Waals surface area contributed by atoms with Crippen molar-refractivity contribution in [3.8, 4) is 11.5 Å². The van der Waals surface area contributed by atoms with E-state index in [0.29, 0.717) is 31.1 Å². The molecule has 0 unspecified atom stereocenters. The van der Waals surface area contributed by atoms with Gasteiger partial charge in [0.2, 0.25) is 0 Å². The van der Waals surface area contributed by atoms with Crippen LogP contribution in [0.25, 0.3) is 0 Å². The normalized spacial score (nSPS) is 9.80. The SMILES string of the molecule is Cc1cc(OCCN)cc(OC=O)c1C. The molecular weight excluding hydrogens is 194 g/mol. The van der Waals surface area contributed by atoms with Crippen molar-refractivity contribution < 1.29 is 14.3 Å². The van der Waals surface area contributed by atoms with Crippen LogP contribution in [0.4, 0.5) is 0 Å². The van der Waals surface area contributed by atoms with Crippen molar-refractivity contribution in [1.29, 1.82) is 0 Å². The predicted molar refractivity (Wildman–Crippen MR) is 57.2 cm³/mol. The van der Waals surface area contributed by atoms with Gasteiger partial charge in [0.05, 0.1) is 0 Å². The van der Waals surface area contributed by atoms with Gasteiger partial charge in [0, 0.05) is 12.6 Å². The van der Waals surface area contributed by atoms with Gasteiger partial charge in [-0.3, -0.25) is 4.79 Å². The lowest BCUT2D eigenvalue weighted by Crippen LogP contribution is -2.10. The minimum atomic E-state index is 0.411. The van der Waals surface area contributed by atoms with E-state index in [2.05, 4.69) is 0 Å². The van der Waals surface area contributed by atoms with E-state index in [1.807, 2.05) is 19.9 Å². The Hall–Kier alpha value is -1.55. The molecule has 0 atom stereocenters. The highest BCUT2D eigenvalue weighted by atomic mass is 16.5. The summed E-state index contributed by atoms with van der Waals surface area (Å²) in [4.78, 5) is 10.3. The number of carbonyl (C=O) groups excluding carboxylic acids is 1. The van der Waals surface area contributed by atoms with Gasteiger partial charge in [0.15, 0.2) is 0 Å². The molecule has 82 valence electrons. The van der Waals surface area contributed by atoms with Crippen LogP contribution >= 0.6 is 0 Å². The number of aryl methyl sites for hydroxylation is 1. The summed E-state index contributed by atoms with van der Waals surface area (Å²) >= 11 is 0. The minimum Gasteiger partial charge on any atom is -0.492 e. The van der Waals surface area contributed by atoms with Crippen molar-refractivity contribution in [1.82, 2.24) is 0 Å². The summed E-state index contributed by atoms with van der Waals surface area (Å²) in [6, 6.07) is 3.58. The lowest BCUT2D eigenvalue weighted by molar-refractivity contribution is -0.120. The summed E-state index contributed by atoms with van der Waals surface area (Å²) in [6.07, 6.45) is 0. The van der Waals surface area contributed by atoms with E-state index in [-0.39, 0.29) is 0 Å². The van der Waals surface area contributed by atoms with Crippen molar-refractivity contribution in [2.24, 2.45) is 5.73 Å². The fourth-order valence-corrected chi connectivity index (χ4v) is 1.23. The van der Waals surface area contributed by atoms with Crippen LogP contribution < -0.4 is 15.2 Å². The molecule has 4 heteroatoms. The van der Waals surface area contributed by atoms with E-state index in [4.69, 9.17) is 15.2 Å². The number of benzene rings is 1. The van der Waals surface area contributed by atoms with E-state index in [9.17, 15) is 4.79 Å². The number of carbonyl (C=O) groups is 1. The molecular formula is C11H15NO3. The van der Waals surface area contributed by atoms with Crippen LogP contribution in [0.1, 0.15) is 11.1 Å². The molecule has 0 saturated heterocycles. The van der Waals surface area contributed by atoms with Gasteiger partial charge in [0.25, 0.3) is 6.47 Å². The van der Waals surface area contributed by atoms with E-state index < -0.39 is 0 Å². The van der Waals surface area contributed by atoms with Crippen LogP contribution in [0.2, 0.25) is 0 Å². The molecule has 0 radical (unpaired) electrons. The summed E-state index contributed by atoms with van der Waals surface area (Å²) in [7, 11) is 0. The number of hydrogen-bond donors (Lipinski definition) is 1. The van der Waals surface area contributed by atoms with Gasteiger partial charge in [-0.15, -0.1) is 0 Å². The molecule has 15 heavy (non-hydrogen) atoms. The third kappa shape index (κ3) is 2.95. The van der Waals surface area contributed by atoms with Crippen LogP contribution in [0.15, 0.2) is 12.1 Å². The van der Waals surface area contributed by atoms with E-state index in [1.165, 1.54) is 0 Å². The lowest BCUT2D eigenvalue weighted by atomic mass is 10.1. The fourth-order valence-electron chi connectivity index (χ4n) is 1.23. The molecule has 0 aromatic heterocycles. The van der Waals surface area contributed by atoms with Crippen LogP contribution in [-0.4, -0.2) is 19.6 Å². The van der Waals surface area contributed by atoms with Gasteiger partial charge in [0.1, 0.15) is 18.1 Å². The lowest BCUT2D eigenvalue weighted by Gasteiger charge is -2.10. The minimum absolute atomic E-state index is 0.411. The maximum atomic E-state index is 10.3. The number of rotatable bonds is 5. The second-order valence-electron chi connectivity index (χ2n) is 3.21. The van der Waals surface area contributed by atoms with Gasteiger partial charge >= 0.3 is 0 Å². The Morgan fingerprint density at radius 1 is 1.40 bits per heavy atom. The van der Waals surface area contributed by atoms with Crippen molar-refractivity contribution in [3.63, 3.8) is 0 Å². The molecule has 4 nitrogen and oxygen atoms in total. The molecule has 0 bridgehead atoms. The predicted octanol–water partition coefficient (Wildman–Crippen LogP) is 1.18. The monoisotopic (exact) mass is 209 g/mol. The summed E-state index contributed by atoms with van der Waals surface area (Å²) in [6.45, 7) is 5.14. The highest BCUT2D eigenvalue weighted by molar-refractivity contribution is 5.52. The first-order valence-corrected chi connectivity index (χ1v) is 4.73. The first-order valence-electron chi connectivity index (χ1n) is 4.73. The third-order valence-electron chi connectivity index (χ3n) is 2.15. The van der Waals surface area contributed by atoms with Crippen LogP contribution in [0.5, 0.6) is 11.5 Å². The Bertz CT molecular complexity index is 350. The summed E-state index contributed by atoms with van der Waals surface area (Å²) in [5.41, 5.74) is 7.28. The second-order valence-corrected chi connectivity index (χ2v) is 3.21. The van der Waals surface area contributed by atoms with Crippen molar-refractivity contribution in [2.45, 2.75) is 13.8 Å². The molecule has 2 N–H and O–H groups in total. The third-order valence-corrected chi connectivity index (χ3v) is 2.15. The maximum Gasteiger partial charge on any atom is 0.298 e. The molecule has 0 aliphatic rings. The van der Waals surface area contributed by atoms with Crippen LogP contribution in [0, 0.1) is 13.8 Å². The van der Waals surface area contributed by atoms with E-state index >= 15 is 0 Å². The summed E-state index contributed by atoms with van der Waals surface area (Å²) in [5, 5.41) is 0. The zero-order valence-electron chi connectivity index (χ0n) is 8.95. The summed E-state index contributed by atoms with van der Waals surface area (Å²) in [5.74, 6) is 1.19. The quantitative estimate of drug-likeness (QED) is 0.739. The number of ether oxygens (including phenoxy) is 2. The average molecular weight is 209 g/mol. The molecule has 0 aliphatic heterocycles. The maximum absolute atomic E-state index is 10.3. The molecule has 1 aromatic rings. The Morgan fingerprint density at radius 3 is 2.73 bits per heavy atom. The highest BCUT2D eigenvalue weighted by Gasteiger charge is 2.06. The van der Waals surface area contributed by atoms with Crippen molar-refractivity contribution in [3.05, 3.63) is 23.3 Å². The first kappa shape index (κ1) is 11.5. The smallest absolute Gasteiger partial charge is 0.298 e. The van der Waals surface area contributed by atoms with Gasteiger partial charge in [-0.25, -0.2) is 0 Å². The van der Waals surface area contributed by atoms with Gasteiger partial charge in [-0.05, 0) is 31.0 Å². The topological polar surface area (TPSA) is 61.6 Å². The largest absolute Gasteiger partial charge is 0.492 e. The Balaban J connectivity index is 2.94. The second kappa shape index (κ2) is 5.36. The van der Waals surface area contributed by atoms with Crippen molar-refractivity contribution >= 4 is 6.47 Å². The Labute approximate surface area is 89.0 Å². The molecule has 0 aliphatic carbocycles. The Morgan fingerprint density at radius 2 is 2.13 bits per heavy atom. The number of hydrogen-bond acceptors (Lipinski definition) is 4. The zero-order valence-corrected chi connectivity index (χ0v) is 8.95. The first-order chi connectivity index (χ1) is 7.19. The van der Waals surface area contributed by atoms with Crippen molar-refractivity contribution in [2.75, 3.05) is 13.2 Å². The van der Waals surface area contributed by atoms with Gasteiger partial charge in [-0.1, -0.05) is 0 Å². The Kier molecular flexibility index (Phi) is 4.12. The van der Waals surface area contributed by atoms with Crippen LogP contribution in [-0.2, 0) is 4.79 Å². The summed E-state index contributed by atoms with van der Waals surface area (Å²) < 4.78 is 10.2. The van der Waals surface area contributed by atoms with E-state index in [0.717, 1.165) is 11.1 Å². The van der Waals surface area contributed by atoms with E-state index in [1.54, 1.807) is 6.07 Å². The highest BCUT2D eigenvalue weighted by Crippen LogP contribution is 2.27. The zero-order chi connectivity index (χ0) is 11.3. The molecule has 0 spiro atoms. The molecule has 0 saturated carbocycles. The molecule has 0 amide bonds. The number of nitrogens with two attached hydrogens (primary N) is 1. The molecule has 0 heterocycles. The fraction of sp³-hybridized carbons (Fsp3) is 0.364. The molecule has 0 fully saturated rings. The van der Waals surface area contributed by atoms with Gasteiger partial charge in [-0.2, -0.15) is 0 Å². The average Bonchev–Trinajstić information content (AvgIpc) is 2.22. The van der Waals surface area contributed by atoms with Crippen LogP contribution in [0.3, 0.4) is 0 Å².